The molecule has 9 nitrogen and oxygen atoms in total. The summed E-state index contributed by atoms with van der Waals surface area (Å²) < 4.78 is 26.2. The van der Waals surface area contributed by atoms with E-state index in [9.17, 15) is 4.79 Å². The van der Waals surface area contributed by atoms with Gasteiger partial charge in [0.15, 0.2) is 5.82 Å². The van der Waals surface area contributed by atoms with Gasteiger partial charge in [0.25, 0.3) is 0 Å². The number of amides is 2. The summed E-state index contributed by atoms with van der Waals surface area (Å²) >= 11 is 0. The maximum atomic E-state index is 15.3. The van der Waals surface area contributed by atoms with Gasteiger partial charge in [-0.25, -0.2) is 19.2 Å². The number of urea groups is 1. The van der Waals surface area contributed by atoms with Crippen LogP contribution in [-0.4, -0.2) is 48.4 Å². The highest BCUT2D eigenvalue weighted by Crippen LogP contribution is 2.39. The van der Waals surface area contributed by atoms with Gasteiger partial charge in [-0.1, -0.05) is 0 Å². The Balaban J connectivity index is 1.44. The van der Waals surface area contributed by atoms with Gasteiger partial charge < -0.3 is 25.8 Å². The molecular formula is C24H27FN6O3. The second-order valence-corrected chi connectivity index (χ2v) is 8.66. The van der Waals surface area contributed by atoms with E-state index in [4.69, 9.17) is 15.2 Å². The van der Waals surface area contributed by atoms with Crippen molar-refractivity contribution in [2.45, 2.75) is 38.3 Å². The van der Waals surface area contributed by atoms with Crippen LogP contribution >= 0.6 is 0 Å². The van der Waals surface area contributed by atoms with Crippen molar-refractivity contribution in [1.82, 2.24) is 15.3 Å². The number of hydrogen-bond acceptors (Lipinski definition) is 7. The van der Waals surface area contributed by atoms with Crippen LogP contribution in [0.2, 0.25) is 0 Å². The highest BCUT2D eigenvalue weighted by molar-refractivity contribution is 6.00. The lowest BCUT2D eigenvalue weighted by atomic mass is 9.97. The minimum Gasteiger partial charge on any atom is -0.474 e. The number of nitrogens with one attached hydrogen (secondary N) is 3. The highest BCUT2D eigenvalue weighted by atomic mass is 19.1. The zero-order valence-corrected chi connectivity index (χ0v) is 19.1. The second kappa shape index (κ2) is 8.94. The molecule has 178 valence electrons. The van der Waals surface area contributed by atoms with E-state index >= 15 is 4.39 Å². The molecule has 0 spiro atoms. The van der Waals surface area contributed by atoms with E-state index in [-0.39, 0.29) is 23.9 Å². The summed E-state index contributed by atoms with van der Waals surface area (Å²) in [6.07, 6.45) is 5.79. The molecule has 3 heterocycles. The Hall–Kier alpha value is -3.66. The quantitative estimate of drug-likeness (QED) is 0.431. The first kappa shape index (κ1) is 22.1. The summed E-state index contributed by atoms with van der Waals surface area (Å²) in [6, 6.07) is 3.10. The number of ether oxygens (including phenoxy) is 2. The predicted octanol–water partition coefficient (Wildman–Crippen LogP) is 3.82. The maximum Gasteiger partial charge on any atom is 0.320 e. The molecule has 2 aliphatic rings. The fourth-order valence-corrected chi connectivity index (χ4v) is 4.68. The molecule has 3 aromatic rings. The van der Waals surface area contributed by atoms with Crippen molar-refractivity contribution >= 4 is 34.0 Å². The number of carbonyl (C=O) groups is 1. The standard InChI is InChI=1S/C24H27FN6O3/c1-12-17(10-29-23-22(12)27-5-6-34-23)16-7-13-8-19(28-11-18(13)21(26)20(16)25)31-24(32)30-14-3-4-15(9-14)33-2/h7-8,10-11,14-15,27H,3-6,9,26H2,1-2H3,(H2,28,30,31,32)/t14-,15-/m0/s1. The van der Waals surface area contributed by atoms with Crippen LogP contribution in [0.15, 0.2) is 24.5 Å². The first-order valence-corrected chi connectivity index (χ1v) is 11.3. The normalized spacial score (nSPS) is 19.3. The van der Waals surface area contributed by atoms with Crippen molar-refractivity contribution in [3.63, 3.8) is 0 Å². The molecule has 2 amide bonds. The smallest absolute Gasteiger partial charge is 0.320 e. The molecular weight excluding hydrogens is 439 g/mol. The average Bonchev–Trinajstić information content (AvgIpc) is 3.29. The molecule has 5 rings (SSSR count). The molecule has 2 atom stereocenters. The number of nitrogen functional groups attached to an aromatic ring is 1. The number of aromatic nitrogens is 2. The number of carbonyl (C=O) groups excluding carboxylic acids is 1. The molecule has 1 aromatic carbocycles. The number of pyridine rings is 2. The van der Waals surface area contributed by atoms with Crippen LogP contribution in [-0.2, 0) is 4.74 Å². The lowest BCUT2D eigenvalue weighted by molar-refractivity contribution is 0.107. The van der Waals surface area contributed by atoms with Gasteiger partial charge in [-0.05, 0) is 49.3 Å². The van der Waals surface area contributed by atoms with E-state index in [1.165, 1.54) is 6.20 Å². The fourth-order valence-electron chi connectivity index (χ4n) is 4.68. The monoisotopic (exact) mass is 466 g/mol. The van der Waals surface area contributed by atoms with Crippen LogP contribution < -0.4 is 26.4 Å². The Kier molecular flexibility index (Phi) is 5.82. The largest absolute Gasteiger partial charge is 0.474 e. The van der Waals surface area contributed by atoms with Crippen LogP contribution in [0.1, 0.15) is 24.8 Å². The molecule has 1 aliphatic carbocycles. The van der Waals surface area contributed by atoms with Gasteiger partial charge in [0.2, 0.25) is 5.88 Å². The number of rotatable bonds is 4. The van der Waals surface area contributed by atoms with Crippen LogP contribution in [0.25, 0.3) is 21.9 Å². The summed E-state index contributed by atoms with van der Waals surface area (Å²) in [5, 5.41) is 10.1. The minimum atomic E-state index is -0.539. The Bertz CT molecular complexity index is 1270. The van der Waals surface area contributed by atoms with E-state index in [0.717, 1.165) is 30.5 Å². The Morgan fingerprint density at radius 1 is 1.26 bits per heavy atom. The van der Waals surface area contributed by atoms with Gasteiger partial charge in [-0.15, -0.1) is 0 Å². The van der Waals surface area contributed by atoms with Crippen molar-refractivity contribution in [3.05, 3.63) is 35.9 Å². The third-order valence-electron chi connectivity index (χ3n) is 6.53. The van der Waals surface area contributed by atoms with Crippen LogP contribution in [0.4, 0.5) is 26.4 Å². The lowest BCUT2D eigenvalue weighted by Gasteiger charge is -2.22. The van der Waals surface area contributed by atoms with Crippen molar-refractivity contribution < 1.29 is 18.7 Å². The SMILES string of the molecule is CO[C@H]1CC[C@H](NC(=O)Nc2cc3cc(-c4cnc5c(c4C)NCCO5)c(F)c(N)c3cn2)C1. The van der Waals surface area contributed by atoms with Gasteiger partial charge in [-0.3, -0.25) is 5.32 Å². The van der Waals surface area contributed by atoms with E-state index < -0.39 is 5.82 Å². The Labute approximate surface area is 196 Å². The molecule has 0 unspecified atom stereocenters. The number of methoxy groups -OCH3 is 1. The van der Waals surface area contributed by atoms with Gasteiger partial charge in [0.05, 0.1) is 11.8 Å². The molecule has 1 aliphatic heterocycles. The Morgan fingerprint density at radius 2 is 2.12 bits per heavy atom. The zero-order chi connectivity index (χ0) is 23.8. The van der Waals surface area contributed by atoms with Gasteiger partial charge >= 0.3 is 6.03 Å². The molecule has 2 aromatic heterocycles. The van der Waals surface area contributed by atoms with Crippen LogP contribution in [0.3, 0.4) is 0 Å². The third-order valence-corrected chi connectivity index (χ3v) is 6.53. The van der Waals surface area contributed by atoms with Gasteiger partial charge in [0.1, 0.15) is 18.1 Å². The molecule has 0 saturated heterocycles. The minimum absolute atomic E-state index is 0.00565. The summed E-state index contributed by atoms with van der Waals surface area (Å²) in [7, 11) is 1.68. The molecule has 10 heteroatoms. The average molecular weight is 467 g/mol. The van der Waals surface area contributed by atoms with E-state index in [1.54, 1.807) is 25.4 Å². The number of fused-ring (bicyclic) bond motifs is 2. The maximum absolute atomic E-state index is 15.3. The molecule has 0 radical (unpaired) electrons. The number of anilines is 3. The highest BCUT2D eigenvalue weighted by Gasteiger charge is 2.26. The first-order valence-electron chi connectivity index (χ1n) is 11.3. The second-order valence-electron chi connectivity index (χ2n) is 8.66. The fraction of sp³-hybridized carbons (Fsp3) is 0.375. The summed E-state index contributed by atoms with van der Waals surface area (Å²) in [4.78, 5) is 21.1. The topological polar surface area (TPSA) is 123 Å². The van der Waals surface area contributed by atoms with Crippen molar-refractivity contribution in [3.8, 4) is 17.0 Å². The lowest BCUT2D eigenvalue weighted by Crippen LogP contribution is -2.36. The van der Waals surface area contributed by atoms with Crippen molar-refractivity contribution in [2.24, 2.45) is 0 Å². The molecule has 1 fully saturated rings. The summed E-state index contributed by atoms with van der Waals surface area (Å²) in [5.41, 5.74) is 8.64. The van der Waals surface area contributed by atoms with E-state index in [1.807, 2.05) is 6.92 Å². The van der Waals surface area contributed by atoms with E-state index in [2.05, 4.69) is 25.9 Å². The number of nitrogens with zero attached hydrogens (tertiary/aromatic N) is 2. The Morgan fingerprint density at radius 3 is 2.91 bits per heavy atom. The number of hydrogen-bond donors (Lipinski definition) is 4. The first-order chi connectivity index (χ1) is 16.4. The van der Waals surface area contributed by atoms with Crippen molar-refractivity contribution in [1.29, 1.82) is 0 Å². The number of halogens is 1. The molecule has 34 heavy (non-hydrogen) atoms. The summed E-state index contributed by atoms with van der Waals surface area (Å²) in [5.74, 6) is 0.310. The molecule has 0 bridgehead atoms. The third kappa shape index (κ3) is 4.05. The van der Waals surface area contributed by atoms with Gasteiger partial charge in [0, 0.05) is 48.6 Å². The van der Waals surface area contributed by atoms with Crippen LogP contribution in [0.5, 0.6) is 5.88 Å². The number of nitrogens with two attached hydrogens (primary N) is 1. The molecule has 1 saturated carbocycles. The predicted molar refractivity (Wildman–Crippen MR) is 129 cm³/mol. The van der Waals surface area contributed by atoms with Gasteiger partial charge in [-0.2, -0.15) is 0 Å². The van der Waals surface area contributed by atoms with Crippen molar-refractivity contribution in [2.75, 3.05) is 36.6 Å². The summed E-state index contributed by atoms with van der Waals surface area (Å²) in [6.45, 7) is 3.07. The molecule has 5 N–H and O–H groups in total. The van der Waals surface area contributed by atoms with Crippen LogP contribution in [0, 0.1) is 12.7 Å². The number of benzene rings is 1. The zero-order valence-electron chi connectivity index (χ0n) is 19.1. The van der Waals surface area contributed by atoms with E-state index in [0.29, 0.717) is 46.7 Å².